The lowest BCUT2D eigenvalue weighted by molar-refractivity contribution is 0.383. The van der Waals surface area contributed by atoms with E-state index in [-0.39, 0.29) is 12.1 Å². The molecule has 1 N–H and O–H groups in total. The summed E-state index contributed by atoms with van der Waals surface area (Å²) in [5.41, 5.74) is 3.08. The molecule has 32 heavy (non-hydrogen) atoms. The van der Waals surface area contributed by atoms with E-state index < -0.39 is 0 Å². The lowest BCUT2D eigenvalue weighted by atomic mass is 10.0. The van der Waals surface area contributed by atoms with Gasteiger partial charge in [-0.3, -0.25) is 4.98 Å². The molecule has 0 bridgehead atoms. The Bertz CT molecular complexity index is 1230. The second-order valence-corrected chi connectivity index (χ2v) is 9.45. The van der Waals surface area contributed by atoms with Crippen LogP contribution >= 0.6 is 35.6 Å². The summed E-state index contributed by atoms with van der Waals surface area (Å²) in [6.07, 6.45) is 1.79. The maximum absolute atomic E-state index is 6.35. The molecule has 1 saturated heterocycles. The summed E-state index contributed by atoms with van der Waals surface area (Å²) in [6.45, 7) is 2.08. The van der Waals surface area contributed by atoms with Crippen molar-refractivity contribution in [3.63, 3.8) is 0 Å². The number of aryl methyl sites for hydroxylation is 1. The van der Waals surface area contributed by atoms with Gasteiger partial charge in [0.2, 0.25) is 0 Å². The van der Waals surface area contributed by atoms with Gasteiger partial charge in [-0.15, -0.1) is 0 Å². The van der Waals surface area contributed by atoms with Gasteiger partial charge in [0.05, 0.1) is 11.7 Å². The van der Waals surface area contributed by atoms with E-state index in [9.17, 15) is 0 Å². The molecule has 5 rings (SSSR count). The molecule has 4 nitrogen and oxygen atoms in total. The predicted molar refractivity (Wildman–Crippen MR) is 133 cm³/mol. The number of hydrogen-bond donors (Lipinski definition) is 1. The molecule has 0 saturated carbocycles. The highest BCUT2D eigenvalue weighted by Crippen LogP contribution is 2.43. The van der Waals surface area contributed by atoms with E-state index in [4.69, 9.17) is 28.2 Å². The van der Waals surface area contributed by atoms with Crippen LogP contribution in [-0.2, 0) is 0 Å². The zero-order chi connectivity index (χ0) is 22.1. The highest BCUT2D eigenvalue weighted by Gasteiger charge is 2.42. The summed E-state index contributed by atoms with van der Waals surface area (Å²) in [5, 5.41) is 5.58. The van der Waals surface area contributed by atoms with Crippen molar-refractivity contribution in [2.75, 3.05) is 4.90 Å². The van der Waals surface area contributed by atoms with Crippen molar-refractivity contribution in [2.24, 2.45) is 0 Å². The second-order valence-electron chi connectivity index (χ2n) is 7.54. The van der Waals surface area contributed by atoms with E-state index in [1.165, 1.54) is 5.56 Å². The van der Waals surface area contributed by atoms with Crippen molar-refractivity contribution < 1.29 is 4.42 Å². The van der Waals surface area contributed by atoms with Crippen molar-refractivity contribution >= 4 is 46.4 Å². The summed E-state index contributed by atoms with van der Waals surface area (Å²) in [4.78, 5) is 7.78. The number of anilines is 1. The fourth-order valence-corrected chi connectivity index (χ4v) is 5.04. The smallest absolute Gasteiger partial charge is 0.174 e. The zero-order valence-corrected chi connectivity index (χ0v) is 19.6. The summed E-state index contributed by atoms with van der Waals surface area (Å²) in [5.74, 6) is 0.817. The number of halogens is 1. The van der Waals surface area contributed by atoms with E-state index in [0.717, 1.165) is 27.1 Å². The van der Waals surface area contributed by atoms with Gasteiger partial charge in [0, 0.05) is 21.8 Å². The van der Waals surface area contributed by atoms with Crippen molar-refractivity contribution in [1.82, 2.24) is 10.3 Å². The van der Waals surface area contributed by atoms with Crippen LogP contribution in [-0.4, -0.2) is 10.1 Å². The standard InChI is InChI=1S/C25H20ClN3OS2/c1-16-5-11-19(12-6-16)32-22-14-13-21(30-22)24-23(20-4-2-3-15-27-20)28-25(31)29(24)18-9-7-17(26)8-10-18/h2-15,23-24H,1H3,(H,28,31)/t23-,24-/m0/s1. The molecule has 1 aliphatic rings. The highest BCUT2D eigenvalue weighted by atomic mass is 35.5. The predicted octanol–water partition coefficient (Wildman–Crippen LogP) is 6.96. The average molecular weight is 478 g/mol. The second kappa shape index (κ2) is 8.98. The van der Waals surface area contributed by atoms with Gasteiger partial charge in [-0.2, -0.15) is 0 Å². The Labute approximate surface area is 201 Å². The van der Waals surface area contributed by atoms with E-state index >= 15 is 0 Å². The van der Waals surface area contributed by atoms with Crippen LogP contribution in [0.15, 0.2) is 99.5 Å². The summed E-state index contributed by atoms with van der Waals surface area (Å²) < 4.78 is 6.35. The minimum atomic E-state index is -0.189. The molecule has 4 aromatic rings. The first-order chi connectivity index (χ1) is 15.6. The monoisotopic (exact) mass is 477 g/mol. The number of rotatable bonds is 5. The minimum absolute atomic E-state index is 0.150. The Balaban J connectivity index is 1.52. The molecule has 2 aromatic carbocycles. The molecule has 0 amide bonds. The summed E-state index contributed by atoms with van der Waals surface area (Å²) in [6, 6.07) is 25.7. The van der Waals surface area contributed by atoms with E-state index in [0.29, 0.717) is 10.1 Å². The molecule has 3 heterocycles. The van der Waals surface area contributed by atoms with Gasteiger partial charge in [0.15, 0.2) is 10.2 Å². The molecule has 2 aromatic heterocycles. The average Bonchev–Trinajstić information content (AvgIpc) is 3.40. The SMILES string of the molecule is Cc1ccc(Sc2ccc([C@H]3[C@H](c4ccccn4)NC(=S)N3c3ccc(Cl)cc3)o2)cc1. The maximum atomic E-state index is 6.35. The fraction of sp³-hybridized carbons (Fsp3) is 0.120. The number of nitrogens with zero attached hydrogens (tertiary/aromatic N) is 2. The Morgan fingerprint density at radius 3 is 2.50 bits per heavy atom. The zero-order valence-electron chi connectivity index (χ0n) is 17.2. The Morgan fingerprint density at radius 1 is 1.00 bits per heavy atom. The molecule has 2 atom stereocenters. The van der Waals surface area contributed by atoms with Gasteiger partial charge in [-0.1, -0.05) is 47.1 Å². The van der Waals surface area contributed by atoms with Crippen LogP contribution < -0.4 is 10.2 Å². The first kappa shape index (κ1) is 21.1. The first-order valence-electron chi connectivity index (χ1n) is 10.2. The van der Waals surface area contributed by atoms with Crippen molar-refractivity contribution in [1.29, 1.82) is 0 Å². The molecule has 160 valence electrons. The molecule has 0 radical (unpaired) electrons. The van der Waals surface area contributed by atoms with Crippen LogP contribution in [0, 0.1) is 6.92 Å². The third kappa shape index (κ3) is 4.26. The molecular weight excluding hydrogens is 458 g/mol. The Hall–Kier alpha value is -2.80. The topological polar surface area (TPSA) is 41.3 Å². The van der Waals surface area contributed by atoms with Gasteiger partial charge in [-0.25, -0.2) is 0 Å². The Morgan fingerprint density at radius 2 is 1.78 bits per heavy atom. The van der Waals surface area contributed by atoms with Gasteiger partial charge in [-0.05, 0) is 79.8 Å². The minimum Gasteiger partial charge on any atom is -0.452 e. The van der Waals surface area contributed by atoms with Gasteiger partial charge < -0.3 is 14.6 Å². The number of nitrogens with one attached hydrogen (secondary N) is 1. The van der Waals surface area contributed by atoms with Crippen LogP contribution in [0.3, 0.4) is 0 Å². The molecule has 0 spiro atoms. The lowest BCUT2D eigenvalue weighted by Crippen LogP contribution is -2.29. The maximum Gasteiger partial charge on any atom is 0.174 e. The number of furan rings is 1. The number of pyridine rings is 1. The van der Waals surface area contributed by atoms with Crippen LogP contribution in [0.25, 0.3) is 0 Å². The number of thiocarbonyl (C=S) groups is 1. The fourth-order valence-electron chi connectivity index (χ4n) is 3.79. The van der Waals surface area contributed by atoms with Crippen LogP contribution in [0.2, 0.25) is 5.02 Å². The van der Waals surface area contributed by atoms with Gasteiger partial charge in [0.25, 0.3) is 0 Å². The van der Waals surface area contributed by atoms with Crippen LogP contribution in [0.4, 0.5) is 5.69 Å². The molecule has 0 unspecified atom stereocenters. The van der Waals surface area contributed by atoms with E-state index in [1.807, 2.05) is 54.6 Å². The van der Waals surface area contributed by atoms with E-state index in [1.54, 1.807) is 18.0 Å². The van der Waals surface area contributed by atoms with Crippen molar-refractivity contribution in [2.45, 2.75) is 29.0 Å². The lowest BCUT2D eigenvalue weighted by Gasteiger charge is -2.26. The molecule has 1 aliphatic heterocycles. The highest BCUT2D eigenvalue weighted by molar-refractivity contribution is 7.99. The first-order valence-corrected chi connectivity index (χ1v) is 11.8. The largest absolute Gasteiger partial charge is 0.452 e. The number of benzene rings is 2. The molecule has 7 heteroatoms. The summed E-state index contributed by atoms with van der Waals surface area (Å²) >= 11 is 13.5. The molecule has 0 aliphatic carbocycles. The van der Waals surface area contributed by atoms with Crippen LogP contribution in [0.5, 0.6) is 0 Å². The normalized spacial score (nSPS) is 18.1. The van der Waals surface area contributed by atoms with E-state index in [2.05, 4.69) is 46.4 Å². The van der Waals surface area contributed by atoms with Crippen molar-refractivity contribution in [3.8, 4) is 0 Å². The quantitative estimate of drug-likeness (QED) is 0.313. The third-order valence-electron chi connectivity index (χ3n) is 5.34. The van der Waals surface area contributed by atoms with Crippen molar-refractivity contribution in [3.05, 3.63) is 107 Å². The van der Waals surface area contributed by atoms with Gasteiger partial charge in [0.1, 0.15) is 11.8 Å². The molecular formula is C25H20ClN3OS2. The Kier molecular flexibility index (Phi) is 5.91. The number of aromatic nitrogens is 1. The third-order valence-corrected chi connectivity index (χ3v) is 6.83. The number of hydrogen-bond acceptors (Lipinski definition) is 4. The van der Waals surface area contributed by atoms with Crippen LogP contribution in [0.1, 0.15) is 29.1 Å². The molecule has 1 fully saturated rings. The summed E-state index contributed by atoms with van der Waals surface area (Å²) in [7, 11) is 0. The van der Waals surface area contributed by atoms with Gasteiger partial charge >= 0.3 is 0 Å².